The molecule has 0 bridgehead atoms. The molecule has 20 heavy (non-hydrogen) atoms. The van der Waals surface area contributed by atoms with Crippen LogP contribution in [0, 0.1) is 11.3 Å². The third-order valence-electron chi connectivity index (χ3n) is 4.53. The fourth-order valence-electron chi connectivity index (χ4n) is 3.46. The van der Waals surface area contributed by atoms with E-state index in [0.717, 1.165) is 25.7 Å². The lowest BCUT2D eigenvalue weighted by Crippen LogP contribution is -2.34. The Kier molecular flexibility index (Phi) is 3.58. The highest BCUT2D eigenvalue weighted by Gasteiger charge is 2.40. The van der Waals surface area contributed by atoms with E-state index in [9.17, 15) is 4.79 Å². The van der Waals surface area contributed by atoms with Gasteiger partial charge in [0.25, 0.3) is 5.56 Å². The molecule has 2 fully saturated rings. The first kappa shape index (κ1) is 13.3. The number of nitriles is 1. The highest BCUT2D eigenvalue weighted by atomic mass is 16.5. The smallest absolute Gasteiger partial charge is 0.271 e. The molecule has 3 rings (SSSR count). The van der Waals surface area contributed by atoms with E-state index in [1.54, 1.807) is 0 Å². The Labute approximate surface area is 118 Å². The molecule has 0 amide bonds. The van der Waals surface area contributed by atoms with Gasteiger partial charge in [-0.25, -0.2) is 4.98 Å². The molecule has 1 aliphatic heterocycles. The van der Waals surface area contributed by atoms with E-state index in [1.165, 1.54) is 36.4 Å². The van der Waals surface area contributed by atoms with Crippen molar-refractivity contribution in [3.05, 3.63) is 28.4 Å². The Bertz CT molecular complexity index is 582. The third kappa shape index (κ3) is 2.48. The van der Waals surface area contributed by atoms with Gasteiger partial charge in [0, 0.05) is 0 Å². The van der Waals surface area contributed by atoms with Crippen molar-refractivity contribution in [2.75, 3.05) is 0 Å². The molecular weight excluding hydrogens is 254 g/mol. The van der Waals surface area contributed by atoms with E-state index < -0.39 is 0 Å². The molecule has 0 aromatic carbocycles. The highest BCUT2D eigenvalue weighted by molar-refractivity contribution is 5.21. The molecule has 1 saturated heterocycles. The summed E-state index contributed by atoms with van der Waals surface area (Å²) in [4.78, 5) is 15.9. The van der Waals surface area contributed by atoms with Crippen molar-refractivity contribution in [1.82, 2.24) is 9.55 Å². The first-order valence-corrected chi connectivity index (χ1v) is 7.35. The van der Waals surface area contributed by atoms with Crippen LogP contribution < -0.4 is 5.56 Å². The molecule has 0 N–H and O–H groups in total. The molecule has 106 valence electrons. The molecule has 2 aliphatic rings. The van der Waals surface area contributed by atoms with Gasteiger partial charge in [0.1, 0.15) is 11.6 Å². The number of ether oxygens (including phenoxy) is 1. The molecule has 1 spiro atoms. The monoisotopic (exact) mass is 273 g/mol. The van der Waals surface area contributed by atoms with E-state index in [2.05, 4.69) is 4.98 Å². The molecule has 5 heteroatoms. The van der Waals surface area contributed by atoms with Crippen LogP contribution in [-0.2, 0) is 11.3 Å². The van der Waals surface area contributed by atoms with Gasteiger partial charge in [-0.3, -0.25) is 9.36 Å². The summed E-state index contributed by atoms with van der Waals surface area (Å²) in [5, 5.41) is 8.87. The van der Waals surface area contributed by atoms with Gasteiger partial charge in [0.15, 0.2) is 0 Å². The topological polar surface area (TPSA) is 67.9 Å². The lowest BCUT2D eigenvalue weighted by atomic mass is 9.83. The normalized spacial score (nSPS) is 24.6. The van der Waals surface area contributed by atoms with Crippen LogP contribution in [0.4, 0.5) is 0 Å². The second-order valence-corrected chi connectivity index (χ2v) is 5.90. The Balaban J connectivity index is 1.71. The van der Waals surface area contributed by atoms with E-state index >= 15 is 0 Å². The molecule has 1 unspecified atom stereocenters. The predicted octanol–water partition coefficient (Wildman–Crippen LogP) is 2.00. The average Bonchev–Trinajstić information content (AvgIpc) is 2.84. The lowest BCUT2D eigenvalue weighted by molar-refractivity contribution is -0.0683. The Morgan fingerprint density at radius 1 is 1.40 bits per heavy atom. The first-order valence-electron chi connectivity index (χ1n) is 7.35. The van der Waals surface area contributed by atoms with Gasteiger partial charge < -0.3 is 4.74 Å². The van der Waals surface area contributed by atoms with Crippen molar-refractivity contribution in [1.29, 1.82) is 5.26 Å². The van der Waals surface area contributed by atoms with Crippen LogP contribution in [-0.4, -0.2) is 21.3 Å². The molecule has 0 radical (unpaired) electrons. The van der Waals surface area contributed by atoms with Crippen molar-refractivity contribution >= 4 is 0 Å². The maximum absolute atomic E-state index is 12.0. The van der Waals surface area contributed by atoms with E-state index in [1.807, 2.05) is 6.07 Å². The minimum absolute atomic E-state index is 0.0623. The van der Waals surface area contributed by atoms with E-state index in [-0.39, 0.29) is 22.8 Å². The van der Waals surface area contributed by atoms with Crippen LogP contribution in [0.5, 0.6) is 0 Å². The van der Waals surface area contributed by atoms with Crippen molar-refractivity contribution in [2.45, 2.75) is 63.2 Å². The summed E-state index contributed by atoms with van der Waals surface area (Å²) in [5.41, 5.74) is -0.110. The number of hydrogen-bond donors (Lipinski definition) is 0. The van der Waals surface area contributed by atoms with Gasteiger partial charge in [0.2, 0.25) is 0 Å². The van der Waals surface area contributed by atoms with Crippen LogP contribution in [0.15, 0.2) is 17.3 Å². The Morgan fingerprint density at radius 3 is 2.95 bits per heavy atom. The van der Waals surface area contributed by atoms with Gasteiger partial charge in [-0.1, -0.05) is 19.3 Å². The molecule has 5 nitrogen and oxygen atoms in total. The average molecular weight is 273 g/mol. The number of aromatic nitrogens is 2. The number of hydrogen-bond acceptors (Lipinski definition) is 4. The maximum atomic E-state index is 12.0. The molecule has 1 aromatic rings. The van der Waals surface area contributed by atoms with Crippen LogP contribution in [0.25, 0.3) is 0 Å². The van der Waals surface area contributed by atoms with Crippen molar-refractivity contribution in [3.63, 3.8) is 0 Å². The first-order chi connectivity index (χ1) is 9.72. The fourth-order valence-corrected chi connectivity index (χ4v) is 3.46. The SMILES string of the molecule is N#Cc1cncn(CC2CCC3(CCCCC3)O2)c1=O. The summed E-state index contributed by atoms with van der Waals surface area (Å²) in [6, 6.07) is 1.88. The quantitative estimate of drug-likeness (QED) is 0.826. The summed E-state index contributed by atoms with van der Waals surface area (Å²) in [6.45, 7) is 0.503. The second kappa shape index (κ2) is 5.37. The maximum Gasteiger partial charge on any atom is 0.271 e. The molecule has 1 atom stereocenters. The molecule has 1 aliphatic carbocycles. The highest BCUT2D eigenvalue weighted by Crippen LogP contribution is 2.42. The largest absolute Gasteiger partial charge is 0.370 e. The summed E-state index contributed by atoms with van der Waals surface area (Å²) in [6.07, 6.45) is 11.1. The summed E-state index contributed by atoms with van der Waals surface area (Å²) < 4.78 is 7.76. The van der Waals surface area contributed by atoms with Crippen LogP contribution in [0.3, 0.4) is 0 Å². The Hall–Kier alpha value is -1.67. The van der Waals surface area contributed by atoms with E-state index in [4.69, 9.17) is 10.00 Å². The van der Waals surface area contributed by atoms with Crippen molar-refractivity contribution < 1.29 is 4.74 Å². The van der Waals surface area contributed by atoms with Gasteiger partial charge in [-0.15, -0.1) is 0 Å². The van der Waals surface area contributed by atoms with E-state index in [0.29, 0.717) is 6.54 Å². The zero-order valence-corrected chi connectivity index (χ0v) is 11.5. The van der Waals surface area contributed by atoms with Gasteiger partial charge in [-0.2, -0.15) is 5.26 Å². The summed E-state index contributed by atoms with van der Waals surface area (Å²) >= 11 is 0. The van der Waals surface area contributed by atoms with Crippen LogP contribution in [0.2, 0.25) is 0 Å². The number of rotatable bonds is 2. The Morgan fingerprint density at radius 2 is 2.20 bits per heavy atom. The molecular formula is C15H19N3O2. The molecule has 1 aromatic heterocycles. The summed E-state index contributed by atoms with van der Waals surface area (Å²) in [5.74, 6) is 0. The zero-order valence-electron chi connectivity index (χ0n) is 11.5. The minimum atomic E-state index is -0.268. The van der Waals surface area contributed by atoms with Crippen LogP contribution >= 0.6 is 0 Å². The molecule has 2 heterocycles. The predicted molar refractivity (Wildman–Crippen MR) is 73.1 cm³/mol. The van der Waals surface area contributed by atoms with Gasteiger partial charge in [0.05, 0.1) is 30.8 Å². The zero-order chi connectivity index (χ0) is 14.0. The number of nitrogens with zero attached hydrogens (tertiary/aromatic N) is 3. The fraction of sp³-hybridized carbons (Fsp3) is 0.667. The second-order valence-electron chi connectivity index (χ2n) is 5.90. The van der Waals surface area contributed by atoms with Crippen molar-refractivity contribution in [3.8, 4) is 6.07 Å². The third-order valence-corrected chi connectivity index (χ3v) is 4.53. The molecule has 1 saturated carbocycles. The standard InChI is InChI=1S/C15H19N3O2/c16-8-12-9-17-11-18(14(12)19)10-13-4-7-15(20-13)5-2-1-3-6-15/h9,11,13H,1-7,10H2. The van der Waals surface area contributed by atoms with Gasteiger partial charge in [-0.05, 0) is 25.7 Å². The van der Waals surface area contributed by atoms with Crippen molar-refractivity contribution in [2.24, 2.45) is 0 Å². The minimum Gasteiger partial charge on any atom is -0.370 e. The lowest BCUT2D eigenvalue weighted by Gasteiger charge is -2.33. The van der Waals surface area contributed by atoms with Gasteiger partial charge >= 0.3 is 0 Å². The summed E-state index contributed by atoms with van der Waals surface area (Å²) in [7, 11) is 0. The van der Waals surface area contributed by atoms with Crippen LogP contribution in [0.1, 0.15) is 50.5 Å².